The Morgan fingerprint density at radius 2 is 1.95 bits per heavy atom. The fourth-order valence-corrected chi connectivity index (χ4v) is 2.53. The first-order valence-electron chi connectivity index (χ1n) is 6.66. The van der Waals surface area contributed by atoms with Gasteiger partial charge in [0.25, 0.3) is 0 Å². The van der Waals surface area contributed by atoms with E-state index in [2.05, 4.69) is 5.32 Å². The summed E-state index contributed by atoms with van der Waals surface area (Å²) in [5.41, 5.74) is 0. The van der Waals surface area contributed by atoms with Crippen molar-refractivity contribution in [2.45, 2.75) is 51.5 Å². The standard InChI is InChI=1S/C13H21NO5/c1-8-4-2-5-9(8)12(17)14-10(13(18)19)6-3-7-11(15)16/h8-10H,2-7H2,1H3,(H,14,17)(H,15,16)(H,18,19)/t8?,9?,10-/m1/s1. The first-order valence-corrected chi connectivity index (χ1v) is 6.66. The zero-order valence-corrected chi connectivity index (χ0v) is 11.1. The summed E-state index contributed by atoms with van der Waals surface area (Å²) in [5, 5.41) is 20.1. The predicted octanol–water partition coefficient (Wildman–Crippen LogP) is 1.25. The van der Waals surface area contributed by atoms with Crippen molar-refractivity contribution >= 4 is 17.8 Å². The van der Waals surface area contributed by atoms with Crippen LogP contribution in [0.15, 0.2) is 0 Å². The van der Waals surface area contributed by atoms with E-state index in [0.29, 0.717) is 0 Å². The first-order chi connectivity index (χ1) is 8.91. The second-order valence-electron chi connectivity index (χ2n) is 5.20. The molecule has 0 aromatic rings. The van der Waals surface area contributed by atoms with E-state index in [1.54, 1.807) is 0 Å². The quantitative estimate of drug-likeness (QED) is 0.646. The highest BCUT2D eigenvalue weighted by atomic mass is 16.4. The normalized spacial score (nSPS) is 23.8. The highest BCUT2D eigenvalue weighted by Gasteiger charge is 2.32. The maximum Gasteiger partial charge on any atom is 0.326 e. The zero-order valence-electron chi connectivity index (χ0n) is 11.1. The van der Waals surface area contributed by atoms with Crippen molar-refractivity contribution in [1.82, 2.24) is 5.32 Å². The van der Waals surface area contributed by atoms with Gasteiger partial charge in [-0.25, -0.2) is 4.79 Å². The van der Waals surface area contributed by atoms with Crippen molar-refractivity contribution in [3.05, 3.63) is 0 Å². The van der Waals surface area contributed by atoms with Crippen molar-refractivity contribution in [2.75, 3.05) is 0 Å². The topological polar surface area (TPSA) is 104 Å². The number of carboxylic acid groups (broad SMARTS) is 2. The third-order valence-corrected chi connectivity index (χ3v) is 3.70. The molecular formula is C13H21NO5. The molecular weight excluding hydrogens is 250 g/mol. The SMILES string of the molecule is CC1CCCC1C(=O)N[C@H](CCCC(=O)O)C(=O)O. The molecule has 1 amide bonds. The van der Waals surface area contributed by atoms with Gasteiger partial charge in [0.15, 0.2) is 0 Å². The minimum absolute atomic E-state index is 0.0838. The van der Waals surface area contributed by atoms with E-state index in [9.17, 15) is 14.4 Å². The molecule has 0 aromatic heterocycles. The van der Waals surface area contributed by atoms with E-state index in [-0.39, 0.29) is 37.0 Å². The number of amides is 1. The Morgan fingerprint density at radius 1 is 1.26 bits per heavy atom. The Bertz CT molecular complexity index is 355. The minimum Gasteiger partial charge on any atom is -0.481 e. The van der Waals surface area contributed by atoms with Crippen LogP contribution in [0.5, 0.6) is 0 Å². The molecule has 0 bridgehead atoms. The summed E-state index contributed by atoms with van der Waals surface area (Å²) < 4.78 is 0. The molecule has 1 rings (SSSR count). The van der Waals surface area contributed by atoms with Crippen LogP contribution in [0, 0.1) is 11.8 Å². The Morgan fingerprint density at radius 3 is 2.42 bits per heavy atom. The van der Waals surface area contributed by atoms with E-state index in [0.717, 1.165) is 19.3 Å². The Kier molecular flexibility index (Phi) is 5.79. The van der Waals surface area contributed by atoms with Crippen LogP contribution in [-0.4, -0.2) is 34.1 Å². The number of carbonyl (C=O) groups is 3. The monoisotopic (exact) mass is 271 g/mol. The molecule has 19 heavy (non-hydrogen) atoms. The van der Waals surface area contributed by atoms with Gasteiger partial charge in [-0.1, -0.05) is 13.3 Å². The average Bonchev–Trinajstić information content (AvgIpc) is 2.73. The molecule has 0 heterocycles. The molecule has 3 N–H and O–H groups in total. The lowest BCUT2D eigenvalue weighted by Gasteiger charge is -2.19. The lowest BCUT2D eigenvalue weighted by molar-refractivity contribution is -0.143. The van der Waals surface area contributed by atoms with Crippen molar-refractivity contribution in [2.24, 2.45) is 11.8 Å². The zero-order chi connectivity index (χ0) is 14.4. The van der Waals surface area contributed by atoms with Gasteiger partial charge in [-0.15, -0.1) is 0 Å². The van der Waals surface area contributed by atoms with Crippen LogP contribution in [0.25, 0.3) is 0 Å². The smallest absolute Gasteiger partial charge is 0.326 e. The molecule has 0 aromatic carbocycles. The maximum absolute atomic E-state index is 12.0. The molecule has 0 radical (unpaired) electrons. The van der Waals surface area contributed by atoms with E-state index in [4.69, 9.17) is 10.2 Å². The summed E-state index contributed by atoms with van der Waals surface area (Å²) in [7, 11) is 0. The molecule has 1 saturated carbocycles. The van der Waals surface area contributed by atoms with Crippen molar-refractivity contribution in [3.8, 4) is 0 Å². The highest BCUT2D eigenvalue weighted by molar-refractivity contribution is 5.85. The average molecular weight is 271 g/mol. The van der Waals surface area contributed by atoms with E-state index >= 15 is 0 Å². The van der Waals surface area contributed by atoms with Crippen LogP contribution in [0.1, 0.15) is 45.4 Å². The summed E-state index contributed by atoms with van der Waals surface area (Å²) in [6.07, 6.45) is 3.10. The summed E-state index contributed by atoms with van der Waals surface area (Å²) in [4.78, 5) is 33.4. The van der Waals surface area contributed by atoms with Gasteiger partial charge in [-0.05, 0) is 31.6 Å². The van der Waals surface area contributed by atoms with Gasteiger partial charge in [-0.2, -0.15) is 0 Å². The number of hydrogen-bond acceptors (Lipinski definition) is 3. The predicted molar refractivity (Wildman–Crippen MR) is 67.6 cm³/mol. The second kappa shape index (κ2) is 7.11. The number of carbonyl (C=O) groups excluding carboxylic acids is 1. The Labute approximate surface area is 112 Å². The summed E-state index contributed by atoms with van der Waals surface area (Å²) in [6, 6.07) is -0.986. The third kappa shape index (κ3) is 4.89. The van der Waals surface area contributed by atoms with E-state index in [1.807, 2.05) is 6.92 Å². The van der Waals surface area contributed by atoms with E-state index in [1.165, 1.54) is 0 Å². The molecule has 6 nitrogen and oxygen atoms in total. The number of hydrogen-bond donors (Lipinski definition) is 3. The van der Waals surface area contributed by atoms with Gasteiger partial charge in [0, 0.05) is 12.3 Å². The molecule has 1 aliphatic carbocycles. The summed E-state index contributed by atoms with van der Waals surface area (Å²) in [5.74, 6) is -2.10. The largest absolute Gasteiger partial charge is 0.481 e. The van der Waals surface area contributed by atoms with Crippen LogP contribution >= 0.6 is 0 Å². The summed E-state index contributed by atoms with van der Waals surface area (Å²) in [6.45, 7) is 2.00. The Hall–Kier alpha value is -1.59. The van der Waals surface area contributed by atoms with Crippen LogP contribution in [0.3, 0.4) is 0 Å². The van der Waals surface area contributed by atoms with Gasteiger partial charge in [0.1, 0.15) is 6.04 Å². The van der Waals surface area contributed by atoms with Crippen molar-refractivity contribution in [1.29, 1.82) is 0 Å². The molecule has 0 aliphatic heterocycles. The molecule has 1 aliphatic rings. The highest BCUT2D eigenvalue weighted by Crippen LogP contribution is 2.31. The second-order valence-corrected chi connectivity index (χ2v) is 5.20. The van der Waals surface area contributed by atoms with Gasteiger partial charge < -0.3 is 15.5 Å². The van der Waals surface area contributed by atoms with Gasteiger partial charge in [0.2, 0.25) is 5.91 Å². The number of carboxylic acids is 2. The van der Waals surface area contributed by atoms with Crippen molar-refractivity contribution in [3.63, 3.8) is 0 Å². The third-order valence-electron chi connectivity index (χ3n) is 3.70. The molecule has 0 spiro atoms. The lowest BCUT2D eigenvalue weighted by Crippen LogP contribution is -2.44. The molecule has 6 heteroatoms. The van der Waals surface area contributed by atoms with E-state index < -0.39 is 18.0 Å². The fraction of sp³-hybridized carbons (Fsp3) is 0.769. The molecule has 1 fully saturated rings. The molecule has 3 atom stereocenters. The van der Waals surface area contributed by atoms with Crippen LogP contribution in [0.2, 0.25) is 0 Å². The number of aliphatic carboxylic acids is 2. The van der Waals surface area contributed by atoms with Gasteiger partial charge in [-0.3, -0.25) is 9.59 Å². The number of nitrogens with one attached hydrogen (secondary N) is 1. The van der Waals surface area contributed by atoms with Crippen molar-refractivity contribution < 1.29 is 24.6 Å². The molecule has 0 saturated heterocycles. The first kappa shape index (κ1) is 15.5. The lowest BCUT2D eigenvalue weighted by atomic mass is 9.96. The maximum atomic E-state index is 12.0. The van der Waals surface area contributed by atoms with Crippen LogP contribution < -0.4 is 5.32 Å². The van der Waals surface area contributed by atoms with Gasteiger partial charge in [0.05, 0.1) is 0 Å². The summed E-state index contributed by atoms with van der Waals surface area (Å²) >= 11 is 0. The van der Waals surface area contributed by atoms with Gasteiger partial charge >= 0.3 is 11.9 Å². The minimum atomic E-state index is -1.11. The Balaban J connectivity index is 2.46. The molecule has 2 unspecified atom stereocenters. The molecule has 108 valence electrons. The number of rotatable bonds is 7. The van der Waals surface area contributed by atoms with Crippen LogP contribution in [-0.2, 0) is 14.4 Å². The van der Waals surface area contributed by atoms with Crippen LogP contribution in [0.4, 0.5) is 0 Å². The fourth-order valence-electron chi connectivity index (χ4n) is 2.53.